The molecule has 0 bridgehead atoms. The summed E-state index contributed by atoms with van der Waals surface area (Å²) in [6.45, 7) is 0. The first kappa shape index (κ1) is 18.9. The lowest BCUT2D eigenvalue weighted by atomic mass is 9.77. The predicted octanol–water partition coefficient (Wildman–Crippen LogP) is 5.18. The number of carbonyl (C=O) groups is 1. The van der Waals surface area contributed by atoms with Crippen molar-refractivity contribution in [3.8, 4) is 0 Å². The summed E-state index contributed by atoms with van der Waals surface area (Å²) in [6, 6.07) is 0. The number of hydrogen-bond donors (Lipinski definition) is 1. The number of aryl methyl sites for hydroxylation is 1. The maximum Gasteiger partial charge on any atom is 0.248 e. The first-order valence-corrected chi connectivity index (χ1v) is 10.6. The third-order valence-electron chi connectivity index (χ3n) is 6.79. The average Bonchev–Trinajstić information content (AvgIpc) is 2.81. The van der Waals surface area contributed by atoms with Crippen LogP contribution in [0.4, 0.5) is 14.6 Å². The van der Waals surface area contributed by atoms with Crippen LogP contribution < -0.4 is 5.32 Å². The van der Waals surface area contributed by atoms with Gasteiger partial charge in [0.2, 0.25) is 11.8 Å². The molecule has 3 aliphatic rings. The van der Waals surface area contributed by atoms with E-state index in [9.17, 15) is 13.6 Å². The molecule has 1 amide bonds. The number of alkyl halides is 2. The maximum atomic E-state index is 13.0. The normalized spacial score (nSPS) is 23.7. The number of rotatable bonds is 6. The number of nitrogens with one attached hydrogen (secondary N) is 1. The topological polar surface area (TPSA) is 46.9 Å². The quantitative estimate of drug-likeness (QED) is 0.740. The smallest absolute Gasteiger partial charge is 0.248 e. The van der Waals surface area contributed by atoms with Gasteiger partial charge in [0.15, 0.2) is 0 Å². The second kappa shape index (κ2) is 7.51. The molecule has 1 aromatic rings. The maximum absolute atomic E-state index is 13.0. The molecule has 0 aromatic carbocycles. The molecule has 3 aliphatic carbocycles. The van der Waals surface area contributed by atoms with Gasteiger partial charge in [-0.1, -0.05) is 38.5 Å². The number of hydrogen-bond acceptors (Lipinski definition) is 2. The molecule has 4 nitrogen and oxygen atoms in total. The van der Waals surface area contributed by atoms with Crippen molar-refractivity contribution in [1.29, 1.82) is 0 Å². The zero-order chi connectivity index (χ0) is 19.0. The van der Waals surface area contributed by atoms with E-state index in [2.05, 4.69) is 5.32 Å². The molecule has 6 heteroatoms. The van der Waals surface area contributed by atoms with Crippen LogP contribution in [-0.2, 0) is 18.3 Å². The lowest BCUT2D eigenvalue weighted by Gasteiger charge is -2.34. The summed E-state index contributed by atoms with van der Waals surface area (Å²) >= 11 is 0. The molecule has 1 heterocycles. The summed E-state index contributed by atoms with van der Waals surface area (Å²) in [5.74, 6) is -0.914. The summed E-state index contributed by atoms with van der Waals surface area (Å²) in [5.41, 5.74) is 2.38. The van der Waals surface area contributed by atoms with Gasteiger partial charge in [-0.05, 0) is 37.0 Å². The van der Waals surface area contributed by atoms with Crippen molar-refractivity contribution in [2.75, 3.05) is 5.32 Å². The Morgan fingerprint density at radius 1 is 1.11 bits per heavy atom. The van der Waals surface area contributed by atoms with Crippen molar-refractivity contribution in [2.45, 2.75) is 88.9 Å². The standard InChI is InChI=1S/C21H31F2N3O/c1-26-20(24-18(27)11-15-12-21(22,23)13-15)19(16-8-5-9-16)17(25-26)10-14-6-3-2-4-7-14/h14-16H,2-13H2,1H3,(H,24,27). The van der Waals surface area contributed by atoms with Crippen molar-refractivity contribution >= 4 is 11.7 Å². The highest BCUT2D eigenvalue weighted by Gasteiger charge is 2.45. The zero-order valence-corrected chi connectivity index (χ0v) is 16.3. The van der Waals surface area contributed by atoms with E-state index in [-0.39, 0.29) is 31.1 Å². The Morgan fingerprint density at radius 3 is 2.41 bits per heavy atom. The van der Waals surface area contributed by atoms with Crippen molar-refractivity contribution in [3.63, 3.8) is 0 Å². The zero-order valence-electron chi connectivity index (χ0n) is 16.3. The van der Waals surface area contributed by atoms with Crippen LogP contribution in [0.25, 0.3) is 0 Å². The van der Waals surface area contributed by atoms with E-state index in [4.69, 9.17) is 5.10 Å². The van der Waals surface area contributed by atoms with Gasteiger partial charge in [-0.2, -0.15) is 5.10 Å². The molecule has 3 fully saturated rings. The average molecular weight is 379 g/mol. The molecule has 1 N–H and O–H groups in total. The Balaban J connectivity index is 1.46. The Hall–Kier alpha value is -1.46. The van der Waals surface area contributed by atoms with Gasteiger partial charge in [-0.25, -0.2) is 8.78 Å². The number of aromatic nitrogens is 2. The van der Waals surface area contributed by atoms with Gasteiger partial charge >= 0.3 is 0 Å². The van der Waals surface area contributed by atoms with Crippen LogP contribution >= 0.6 is 0 Å². The second-order valence-electron chi connectivity index (χ2n) is 9.05. The lowest BCUT2D eigenvalue weighted by Crippen LogP contribution is -2.37. The largest absolute Gasteiger partial charge is 0.311 e. The minimum atomic E-state index is -2.57. The van der Waals surface area contributed by atoms with E-state index in [1.165, 1.54) is 44.1 Å². The van der Waals surface area contributed by atoms with Crippen LogP contribution in [0.2, 0.25) is 0 Å². The Kier molecular flexibility index (Phi) is 5.26. The predicted molar refractivity (Wildman–Crippen MR) is 101 cm³/mol. The first-order valence-electron chi connectivity index (χ1n) is 10.6. The number of halogens is 2. The summed E-state index contributed by atoms with van der Waals surface area (Å²) in [4.78, 5) is 12.5. The van der Waals surface area contributed by atoms with Crippen molar-refractivity contribution < 1.29 is 13.6 Å². The first-order chi connectivity index (χ1) is 12.9. The molecule has 3 saturated carbocycles. The van der Waals surface area contributed by atoms with Gasteiger partial charge in [-0.15, -0.1) is 0 Å². The van der Waals surface area contributed by atoms with Gasteiger partial charge in [0.25, 0.3) is 0 Å². The van der Waals surface area contributed by atoms with Crippen molar-refractivity contribution in [2.24, 2.45) is 18.9 Å². The SMILES string of the molecule is Cn1nc(CC2CCCCC2)c(C2CCC2)c1NC(=O)CC1CC(F)(F)C1. The fraction of sp³-hybridized carbons (Fsp3) is 0.810. The van der Waals surface area contributed by atoms with E-state index < -0.39 is 5.92 Å². The van der Waals surface area contributed by atoms with Crippen molar-refractivity contribution in [1.82, 2.24) is 9.78 Å². The Morgan fingerprint density at radius 2 is 1.81 bits per heavy atom. The fourth-order valence-electron chi connectivity index (χ4n) is 5.06. The van der Waals surface area contributed by atoms with Crippen LogP contribution in [0.5, 0.6) is 0 Å². The summed E-state index contributed by atoms with van der Waals surface area (Å²) in [6.07, 6.45) is 10.9. The minimum Gasteiger partial charge on any atom is -0.311 e. The molecular weight excluding hydrogens is 348 g/mol. The molecule has 0 spiro atoms. The van der Waals surface area contributed by atoms with Crippen LogP contribution in [-0.4, -0.2) is 21.6 Å². The Labute approximate surface area is 160 Å². The number of amides is 1. The van der Waals surface area contributed by atoms with Crippen LogP contribution in [0.15, 0.2) is 0 Å². The molecule has 0 unspecified atom stereocenters. The van der Waals surface area contributed by atoms with E-state index in [1.54, 1.807) is 4.68 Å². The molecule has 0 saturated heterocycles. The molecule has 4 rings (SSSR count). The van der Waals surface area contributed by atoms with E-state index in [0.717, 1.165) is 30.8 Å². The highest BCUT2D eigenvalue weighted by Crippen LogP contribution is 2.45. The Bertz CT molecular complexity index is 682. The highest BCUT2D eigenvalue weighted by atomic mass is 19.3. The molecule has 150 valence electrons. The monoisotopic (exact) mass is 379 g/mol. The third kappa shape index (κ3) is 4.19. The van der Waals surface area contributed by atoms with Gasteiger partial charge in [-0.3, -0.25) is 9.48 Å². The molecule has 0 atom stereocenters. The van der Waals surface area contributed by atoms with Crippen molar-refractivity contribution in [3.05, 3.63) is 11.3 Å². The van der Waals surface area contributed by atoms with Gasteiger partial charge in [0.1, 0.15) is 5.82 Å². The number of carbonyl (C=O) groups excluding carboxylic acids is 1. The second-order valence-corrected chi connectivity index (χ2v) is 9.05. The molecule has 1 aromatic heterocycles. The fourth-order valence-corrected chi connectivity index (χ4v) is 5.06. The van der Waals surface area contributed by atoms with E-state index in [1.807, 2.05) is 7.05 Å². The molecule has 0 aliphatic heterocycles. The third-order valence-corrected chi connectivity index (χ3v) is 6.79. The lowest BCUT2D eigenvalue weighted by molar-refractivity contribution is -0.129. The summed E-state index contributed by atoms with van der Waals surface area (Å²) < 4.78 is 27.9. The summed E-state index contributed by atoms with van der Waals surface area (Å²) in [5, 5.41) is 7.81. The van der Waals surface area contributed by atoms with Crippen LogP contribution in [0.3, 0.4) is 0 Å². The summed E-state index contributed by atoms with van der Waals surface area (Å²) in [7, 11) is 1.89. The van der Waals surface area contributed by atoms with E-state index in [0.29, 0.717) is 11.8 Å². The van der Waals surface area contributed by atoms with Crippen LogP contribution in [0.1, 0.15) is 87.8 Å². The molecule has 0 radical (unpaired) electrons. The number of nitrogens with zero attached hydrogens (tertiary/aromatic N) is 2. The van der Waals surface area contributed by atoms with Gasteiger partial charge in [0, 0.05) is 31.9 Å². The highest BCUT2D eigenvalue weighted by molar-refractivity contribution is 5.91. The van der Waals surface area contributed by atoms with Gasteiger partial charge < -0.3 is 5.32 Å². The van der Waals surface area contributed by atoms with E-state index >= 15 is 0 Å². The van der Waals surface area contributed by atoms with Crippen LogP contribution in [0, 0.1) is 11.8 Å². The number of anilines is 1. The molecular formula is C21H31F2N3O. The molecule has 27 heavy (non-hydrogen) atoms. The minimum absolute atomic E-state index is 0.150. The van der Waals surface area contributed by atoms with Gasteiger partial charge in [0.05, 0.1) is 5.69 Å².